The molecule has 0 bridgehead atoms. The van der Waals surface area contributed by atoms with Crippen molar-refractivity contribution in [2.45, 2.75) is 32.3 Å². The van der Waals surface area contributed by atoms with E-state index in [0.29, 0.717) is 16.3 Å². The van der Waals surface area contributed by atoms with Crippen LogP contribution in [0.25, 0.3) is 0 Å². The SMILES string of the molecule is C[C@H](OC(=O)COc1ccc2c(c1)CCC2)C(=O)c1cccc(Cl)c1. The standard InChI is InChI=1S/C20H19ClO4/c1-13(20(23)16-6-3-7-17(21)10-16)25-19(22)12-24-18-9-8-14-4-2-5-15(14)11-18/h3,6-11,13H,2,4-5,12H2,1H3/t13-/m0/s1. The Morgan fingerprint density at radius 2 is 1.92 bits per heavy atom. The number of hydrogen-bond acceptors (Lipinski definition) is 4. The maximum atomic E-state index is 12.3. The maximum absolute atomic E-state index is 12.3. The first-order valence-electron chi connectivity index (χ1n) is 8.27. The van der Waals surface area contributed by atoms with Crippen LogP contribution in [0.5, 0.6) is 5.75 Å². The summed E-state index contributed by atoms with van der Waals surface area (Å²) in [5.41, 5.74) is 3.03. The van der Waals surface area contributed by atoms with E-state index in [1.165, 1.54) is 18.1 Å². The number of hydrogen-bond donors (Lipinski definition) is 0. The molecule has 4 nitrogen and oxygen atoms in total. The summed E-state index contributed by atoms with van der Waals surface area (Å²) >= 11 is 5.88. The van der Waals surface area contributed by atoms with Crippen LogP contribution >= 0.6 is 11.6 Å². The fraction of sp³-hybridized carbons (Fsp3) is 0.300. The van der Waals surface area contributed by atoms with E-state index < -0.39 is 12.1 Å². The summed E-state index contributed by atoms with van der Waals surface area (Å²) in [4.78, 5) is 24.2. The number of carbonyl (C=O) groups excluding carboxylic acids is 2. The van der Waals surface area contributed by atoms with Crippen molar-refractivity contribution in [1.82, 2.24) is 0 Å². The van der Waals surface area contributed by atoms with E-state index in [-0.39, 0.29) is 12.4 Å². The summed E-state index contributed by atoms with van der Waals surface area (Å²) in [5.74, 6) is -0.233. The highest BCUT2D eigenvalue weighted by molar-refractivity contribution is 6.31. The van der Waals surface area contributed by atoms with Crippen molar-refractivity contribution in [1.29, 1.82) is 0 Å². The fourth-order valence-electron chi connectivity index (χ4n) is 2.94. The van der Waals surface area contributed by atoms with Crippen LogP contribution in [0.4, 0.5) is 0 Å². The van der Waals surface area contributed by atoms with Gasteiger partial charge in [-0.25, -0.2) is 4.79 Å². The summed E-state index contributed by atoms with van der Waals surface area (Å²) in [7, 11) is 0. The lowest BCUT2D eigenvalue weighted by Crippen LogP contribution is -2.27. The molecule has 2 aromatic rings. The summed E-state index contributed by atoms with van der Waals surface area (Å²) in [5, 5.41) is 0.462. The first-order chi connectivity index (χ1) is 12.0. The largest absolute Gasteiger partial charge is 0.482 e. The van der Waals surface area contributed by atoms with Crippen molar-refractivity contribution >= 4 is 23.4 Å². The third-order valence-corrected chi connectivity index (χ3v) is 4.45. The lowest BCUT2D eigenvalue weighted by atomic mass is 10.1. The van der Waals surface area contributed by atoms with Crippen LogP contribution in [0.1, 0.15) is 34.8 Å². The average Bonchev–Trinajstić information content (AvgIpc) is 3.07. The van der Waals surface area contributed by atoms with E-state index in [9.17, 15) is 9.59 Å². The predicted octanol–water partition coefficient (Wildman–Crippen LogP) is 4.02. The molecule has 5 heteroatoms. The molecule has 0 heterocycles. The molecule has 0 saturated heterocycles. The normalized spacial score (nSPS) is 13.8. The number of esters is 1. The zero-order valence-electron chi connectivity index (χ0n) is 14.0. The maximum Gasteiger partial charge on any atom is 0.344 e. The lowest BCUT2D eigenvalue weighted by Gasteiger charge is -2.13. The monoisotopic (exact) mass is 358 g/mol. The predicted molar refractivity (Wildman–Crippen MR) is 95.3 cm³/mol. The number of rotatable bonds is 6. The Morgan fingerprint density at radius 1 is 1.12 bits per heavy atom. The molecule has 1 aliphatic rings. The Kier molecular flexibility index (Phi) is 5.39. The molecule has 0 fully saturated rings. The lowest BCUT2D eigenvalue weighted by molar-refractivity contribution is -0.148. The van der Waals surface area contributed by atoms with Crippen molar-refractivity contribution in [2.24, 2.45) is 0 Å². The van der Waals surface area contributed by atoms with Gasteiger partial charge in [0.05, 0.1) is 0 Å². The summed E-state index contributed by atoms with van der Waals surface area (Å²) in [6.07, 6.45) is 2.40. The second-order valence-corrected chi connectivity index (χ2v) is 6.52. The number of aryl methyl sites for hydroxylation is 2. The van der Waals surface area contributed by atoms with Crippen LogP contribution in [-0.2, 0) is 22.4 Å². The van der Waals surface area contributed by atoms with Crippen LogP contribution in [-0.4, -0.2) is 24.5 Å². The molecule has 0 radical (unpaired) electrons. The molecule has 3 rings (SSSR count). The zero-order chi connectivity index (χ0) is 17.8. The van der Waals surface area contributed by atoms with Crippen molar-refractivity contribution in [2.75, 3.05) is 6.61 Å². The number of Topliss-reactive ketones (excluding diaryl/α,β-unsaturated/α-hetero) is 1. The summed E-state index contributed by atoms with van der Waals surface area (Å²) in [6, 6.07) is 12.4. The molecule has 1 atom stereocenters. The van der Waals surface area contributed by atoms with E-state index in [1.54, 1.807) is 24.3 Å². The average molecular weight is 359 g/mol. The Morgan fingerprint density at radius 3 is 2.72 bits per heavy atom. The first-order valence-corrected chi connectivity index (χ1v) is 8.64. The van der Waals surface area contributed by atoms with Gasteiger partial charge in [0.25, 0.3) is 0 Å². The third-order valence-electron chi connectivity index (χ3n) is 4.21. The minimum absolute atomic E-state index is 0.230. The molecule has 0 aromatic heterocycles. The van der Waals surface area contributed by atoms with Gasteiger partial charge >= 0.3 is 5.97 Å². The highest BCUT2D eigenvalue weighted by atomic mass is 35.5. The van der Waals surface area contributed by atoms with Crippen molar-refractivity contribution in [3.8, 4) is 5.75 Å². The van der Waals surface area contributed by atoms with Gasteiger partial charge in [-0.15, -0.1) is 0 Å². The minimum Gasteiger partial charge on any atom is -0.482 e. The van der Waals surface area contributed by atoms with E-state index in [2.05, 4.69) is 0 Å². The highest BCUT2D eigenvalue weighted by Crippen LogP contribution is 2.26. The number of ether oxygens (including phenoxy) is 2. The smallest absolute Gasteiger partial charge is 0.344 e. The number of carbonyl (C=O) groups is 2. The molecule has 130 valence electrons. The van der Waals surface area contributed by atoms with Crippen molar-refractivity contribution in [3.63, 3.8) is 0 Å². The van der Waals surface area contributed by atoms with E-state index in [4.69, 9.17) is 21.1 Å². The van der Waals surface area contributed by atoms with Crippen LogP contribution in [0, 0.1) is 0 Å². The molecule has 0 amide bonds. The van der Waals surface area contributed by atoms with Gasteiger partial charge in [-0.2, -0.15) is 0 Å². The van der Waals surface area contributed by atoms with Crippen molar-refractivity contribution < 1.29 is 19.1 Å². The van der Waals surface area contributed by atoms with Gasteiger partial charge in [-0.1, -0.05) is 29.8 Å². The number of fused-ring (bicyclic) bond motifs is 1. The third kappa shape index (κ3) is 4.40. The van der Waals surface area contributed by atoms with Gasteiger partial charge in [0.2, 0.25) is 5.78 Å². The Labute approximate surface area is 151 Å². The Hall–Kier alpha value is -2.33. The molecule has 25 heavy (non-hydrogen) atoms. The second kappa shape index (κ2) is 7.70. The van der Waals surface area contributed by atoms with Gasteiger partial charge in [0.1, 0.15) is 5.75 Å². The topological polar surface area (TPSA) is 52.6 Å². The van der Waals surface area contributed by atoms with Gasteiger partial charge in [0.15, 0.2) is 12.7 Å². The Bertz CT molecular complexity index is 800. The molecule has 0 spiro atoms. The molecule has 0 unspecified atom stereocenters. The number of ketones is 1. The quantitative estimate of drug-likeness (QED) is 0.578. The van der Waals surface area contributed by atoms with Crippen molar-refractivity contribution in [3.05, 3.63) is 64.2 Å². The molecule has 0 N–H and O–H groups in total. The molecular formula is C20H19ClO4. The minimum atomic E-state index is -0.894. The molecule has 0 aliphatic heterocycles. The molecule has 0 saturated carbocycles. The van der Waals surface area contributed by atoms with E-state index in [1.807, 2.05) is 18.2 Å². The van der Waals surface area contributed by atoms with Gasteiger partial charge in [-0.3, -0.25) is 4.79 Å². The van der Waals surface area contributed by atoms with Crippen LogP contribution in [0.3, 0.4) is 0 Å². The molecule has 1 aliphatic carbocycles. The van der Waals surface area contributed by atoms with Crippen LogP contribution in [0.15, 0.2) is 42.5 Å². The second-order valence-electron chi connectivity index (χ2n) is 6.08. The summed E-state index contributed by atoms with van der Waals surface area (Å²) < 4.78 is 10.7. The number of benzene rings is 2. The van der Waals surface area contributed by atoms with E-state index in [0.717, 1.165) is 19.3 Å². The number of halogens is 1. The van der Waals surface area contributed by atoms with Gasteiger partial charge in [0, 0.05) is 10.6 Å². The van der Waals surface area contributed by atoms with E-state index >= 15 is 0 Å². The van der Waals surface area contributed by atoms with Crippen LogP contribution in [0.2, 0.25) is 5.02 Å². The van der Waals surface area contributed by atoms with Crippen LogP contribution < -0.4 is 4.74 Å². The summed E-state index contributed by atoms with van der Waals surface area (Å²) in [6.45, 7) is 1.31. The Balaban J connectivity index is 1.52. The van der Waals surface area contributed by atoms with Gasteiger partial charge < -0.3 is 9.47 Å². The zero-order valence-corrected chi connectivity index (χ0v) is 14.7. The molecule has 2 aromatic carbocycles. The molecular weight excluding hydrogens is 340 g/mol. The van der Waals surface area contributed by atoms with Gasteiger partial charge in [-0.05, 0) is 61.6 Å². The highest BCUT2D eigenvalue weighted by Gasteiger charge is 2.20. The fourth-order valence-corrected chi connectivity index (χ4v) is 3.13. The first kappa shape index (κ1) is 17.5.